The normalized spacial score (nSPS) is 13.7. The van der Waals surface area contributed by atoms with Gasteiger partial charge in [0.15, 0.2) is 0 Å². The number of ether oxygens (including phenoxy) is 1. The van der Waals surface area contributed by atoms with Crippen molar-refractivity contribution in [3.8, 4) is 5.75 Å². The molecule has 0 saturated heterocycles. The van der Waals surface area contributed by atoms with E-state index in [0.717, 1.165) is 11.3 Å². The molecule has 0 aliphatic heterocycles. The molecule has 3 N–H and O–H groups in total. The zero-order valence-electron chi connectivity index (χ0n) is 9.53. The Labute approximate surface area is 90.9 Å². The fourth-order valence-electron chi connectivity index (χ4n) is 1.35. The van der Waals surface area contributed by atoms with E-state index in [2.05, 4.69) is 0 Å². The predicted octanol–water partition coefficient (Wildman–Crippen LogP) is 1.71. The third-order valence-corrected chi connectivity index (χ3v) is 2.70. The molecule has 3 heteroatoms. The summed E-state index contributed by atoms with van der Waals surface area (Å²) >= 11 is 0. The van der Waals surface area contributed by atoms with E-state index in [4.69, 9.17) is 10.5 Å². The topological polar surface area (TPSA) is 55.5 Å². The summed E-state index contributed by atoms with van der Waals surface area (Å²) in [5, 5.41) is 10.1. The number of rotatable bonds is 4. The lowest BCUT2D eigenvalue weighted by atomic mass is 9.83. The first-order valence-electron chi connectivity index (χ1n) is 5.03. The second-order valence-corrected chi connectivity index (χ2v) is 4.37. The molecule has 1 aromatic rings. The lowest BCUT2D eigenvalue weighted by molar-refractivity contribution is 0.0555. The molecule has 0 radical (unpaired) electrons. The van der Waals surface area contributed by atoms with Crippen LogP contribution in [-0.4, -0.2) is 18.8 Å². The van der Waals surface area contributed by atoms with Crippen LogP contribution in [0.4, 0.5) is 0 Å². The molecule has 0 saturated carbocycles. The molecule has 0 bridgehead atoms. The minimum Gasteiger partial charge on any atom is -0.497 e. The minimum absolute atomic E-state index is 0.311. The van der Waals surface area contributed by atoms with Gasteiger partial charge < -0.3 is 15.6 Å². The van der Waals surface area contributed by atoms with Gasteiger partial charge >= 0.3 is 0 Å². The number of aliphatic hydroxyl groups is 1. The van der Waals surface area contributed by atoms with Crippen molar-refractivity contribution in [3.63, 3.8) is 0 Å². The number of methoxy groups -OCH3 is 1. The van der Waals surface area contributed by atoms with Crippen LogP contribution in [-0.2, 0) is 0 Å². The summed E-state index contributed by atoms with van der Waals surface area (Å²) in [6, 6.07) is 7.40. The highest BCUT2D eigenvalue weighted by Crippen LogP contribution is 2.32. The van der Waals surface area contributed by atoms with Crippen molar-refractivity contribution >= 4 is 0 Å². The third-order valence-electron chi connectivity index (χ3n) is 2.70. The molecule has 1 unspecified atom stereocenters. The van der Waals surface area contributed by atoms with Crippen molar-refractivity contribution in [1.29, 1.82) is 0 Å². The second-order valence-electron chi connectivity index (χ2n) is 4.37. The second kappa shape index (κ2) is 4.64. The summed E-state index contributed by atoms with van der Waals surface area (Å²) in [5.41, 5.74) is 6.17. The van der Waals surface area contributed by atoms with Crippen molar-refractivity contribution in [2.75, 3.05) is 13.7 Å². The average molecular weight is 209 g/mol. The van der Waals surface area contributed by atoms with Gasteiger partial charge in [-0.25, -0.2) is 0 Å². The van der Waals surface area contributed by atoms with Gasteiger partial charge in [0.2, 0.25) is 0 Å². The third kappa shape index (κ3) is 2.70. The van der Waals surface area contributed by atoms with Crippen LogP contribution < -0.4 is 10.5 Å². The van der Waals surface area contributed by atoms with Gasteiger partial charge in [-0.15, -0.1) is 0 Å². The highest BCUT2D eigenvalue weighted by atomic mass is 16.5. The van der Waals surface area contributed by atoms with Crippen molar-refractivity contribution in [1.82, 2.24) is 0 Å². The average Bonchev–Trinajstić information content (AvgIpc) is 2.28. The molecule has 1 aromatic carbocycles. The zero-order valence-corrected chi connectivity index (χ0v) is 9.53. The summed E-state index contributed by atoms with van der Waals surface area (Å²) in [7, 11) is 1.62. The van der Waals surface area contributed by atoms with Crippen LogP contribution >= 0.6 is 0 Å². The fraction of sp³-hybridized carbons (Fsp3) is 0.500. The molecule has 0 amide bonds. The Morgan fingerprint density at radius 3 is 2.27 bits per heavy atom. The lowest BCUT2D eigenvalue weighted by Gasteiger charge is -2.29. The highest BCUT2D eigenvalue weighted by molar-refractivity contribution is 5.29. The molecule has 1 rings (SSSR count). The Bertz CT molecular complexity index is 306. The van der Waals surface area contributed by atoms with Gasteiger partial charge in [0, 0.05) is 12.0 Å². The SMILES string of the molecule is COc1ccc(C(O)C(C)(C)CN)cc1. The Kier molecular flexibility index (Phi) is 3.72. The molecular weight excluding hydrogens is 190 g/mol. The largest absolute Gasteiger partial charge is 0.497 e. The van der Waals surface area contributed by atoms with Crippen LogP contribution in [0.25, 0.3) is 0 Å². The molecule has 1 atom stereocenters. The first-order chi connectivity index (χ1) is 7.01. The summed E-state index contributed by atoms with van der Waals surface area (Å²) in [6.45, 7) is 4.34. The molecule has 0 aliphatic rings. The van der Waals surface area contributed by atoms with Crippen LogP contribution in [0.1, 0.15) is 25.5 Å². The van der Waals surface area contributed by atoms with E-state index in [1.165, 1.54) is 0 Å². The van der Waals surface area contributed by atoms with E-state index < -0.39 is 6.10 Å². The van der Waals surface area contributed by atoms with Crippen molar-refractivity contribution in [2.45, 2.75) is 20.0 Å². The van der Waals surface area contributed by atoms with Crippen LogP contribution in [0.15, 0.2) is 24.3 Å². The number of benzene rings is 1. The molecule has 84 valence electrons. The maximum absolute atomic E-state index is 10.1. The number of hydrogen-bond acceptors (Lipinski definition) is 3. The monoisotopic (exact) mass is 209 g/mol. The number of hydrogen-bond donors (Lipinski definition) is 2. The predicted molar refractivity (Wildman–Crippen MR) is 60.8 cm³/mol. The Morgan fingerprint density at radius 2 is 1.87 bits per heavy atom. The van der Waals surface area contributed by atoms with Gasteiger partial charge in [-0.1, -0.05) is 26.0 Å². The molecule has 0 spiro atoms. The Balaban J connectivity index is 2.87. The molecule has 15 heavy (non-hydrogen) atoms. The number of aliphatic hydroxyl groups excluding tert-OH is 1. The molecule has 0 aliphatic carbocycles. The summed E-state index contributed by atoms with van der Waals surface area (Å²) in [4.78, 5) is 0. The quantitative estimate of drug-likeness (QED) is 0.793. The van der Waals surface area contributed by atoms with Crippen LogP contribution in [0, 0.1) is 5.41 Å². The van der Waals surface area contributed by atoms with E-state index in [9.17, 15) is 5.11 Å². The van der Waals surface area contributed by atoms with Crippen LogP contribution in [0.3, 0.4) is 0 Å². The fourth-order valence-corrected chi connectivity index (χ4v) is 1.35. The maximum Gasteiger partial charge on any atom is 0.118 e. The Hall–Kier alpha value is -1.06. The van der Waals surface area contributed by atoms with E-state index in [1.807, 2.05) is 38.1 Å². The zero-order chi connectivity index (χ0) is 11.5. The van der Waals surface area contributed by atoms with E-state index in [0.29, 0.717) is 6.54 Å². The van der Waals surface area contributed by atoms with Crippen LogP contribution in [0.2, 0.25) is 0 Å². The van der Waals surface area contributed by atoms with E-state index in [-0.39, 0.29) is 5.41 Å². The van der Waals surface area contributed by atoms with Gasteiger partial charge in [0.1, 0.15) is 5.75 Å². The summed E-state index contributed by atoms with van der Waals surface area (Å²) < 4.78 is 5.05. The van der Waals surface area contributed by atoms with Gasteiger partial charge in [0.05, 0.1) is 13.2 Å². The van der Waals surface area contributed by atoms with E-state index >= 15 is 0 Å². The maximum atomic E-state index is 10.1. The molecule has 0 heterocycles. The summed E-state index contributed by atoms with van der Waals surface area (Å²) in [5.74, 6) is 0.788. The van der Waals surface area contributed by atoms with Crippen molar-refractivity contribution in [2.24, 2.45) is 11.1 Å². The minimum atomic E-state index is -0.548. The first-order valence-corrected chi connectivity index (χ1v) is 5.03. The first kappa shape index (κ1) is 12.0. The number of nitrogens with two attached hydrogens (primary N) is 1. The highest BCUT2D eigenvalue weighted by Gasteiger charge is 2.27. The lowest BCUT2D eigenvalue weighted by Crippen LogP contribution is -2.30. The molecule has 3 nitrogen and oxygen atoms in total. The van der Waals surface area contributed by atoms with Crippen molar-refractivity contribution in [3.05, 3.63) is 29.8 Å². The van der Waals surface area contributed by atoms with Gasteiger partial charge in [0.25, 0.3) is 0 Å². The smallest absolute Gasteiger partial charge is 0.118 e. The molecule has 0 aromatic heterocycles. The van der Waals surface area contributed by atoms with Crippen LogP contribution in [0.5, 0.6) is 5.75 Å². The standard InChI is InChI=1S/C12H19NO2/c1-12(2,8-13)11(14)9-4-6-10(15-3)7-5-9/h4-7,11,14H,8,13H2,1-3H3. The van der Waals surface area contributed by atoms with Gasteiger partial charge in [-0.2, -0.15) is 0 Å². The van der Waals surface area contributed by atoms with Gasteiger partial charge in [-0.3, -0.25) is 0 Å². The van der Waals surface area contributed by atoms with E-state index in [1.54, 1.807) is 7.11 Å². The summed E-state index contributed by atoms with van der Waals surface area (Å²) in [6.07, 6.45) is -0.548. The molecule has 0 fully saturated rings. The Morgan fingerprint density at radius 1 is 1.33 bits per heavy atom. The van der Waals surface area contributed by atoms with Gasteiger partial charge in [-0.05, 0) is 17.7 Å². The molecular formula is C12H19NO2. The van der Waals surface area contributed by atoms with Crippen molar-refractivity contribution < 1.29 is 9.84 Å².